The van der Waals surface area contributed by atoms with Gasteiger partial charge in [0.1, 0.15) is 0 Å². The van der Waals surface area contributed by atoms with Crippen LogP contribution in [0.15, 0.2) is 0 Å². The predicted octanol–water partition coefficient (Wildman–Crippen LogP) is 1.70. The molecule has 1 aromatic rings. The highest BCUT2D eigenvalue weighted by molar-refractivity contribution is 6.31. The molecule has 1 unspecified atom stereocenters. The fourth-order valence-corrected chi connectivity index (χ4v) is 1.93. The van der Waals surface area contributed by atoms with Crippen molar-refractivity contribution in [3.63, 3.8) is 0 Å². The Morgan fingerprint density at radius 1 is 1.62 bits per heavy atom. The van der Waals surface area contributed by atoms with E-state index in [0.717, 1.165) is 23.0 Å². The Morgan fingerprint density at radius 3 is 2.62 bits per heavy atom. The van der Waals surface area contributed by atoms with Gasteiger partial charge >= 0.3 is 0 Å². The van der Waals surface area contributed by atoms with Crippen LogP contribution in [0.3, 0.4) is 0 Å². The minimum atomic E-state index is 0.392. The Bertz CT molecular complexity index is 293. The Morgan fingerprint density at radius 2 is 2.23 bits per heavy atom. The normalized spacial score (nSPS) is 13.3. The van der Waals surface area contributed by atoms with Crippen molar-refractivity contribution in [1.29, 1.82) is 0 Å². The van der Waals surface area contributed by atoms with Gasteiger partial charge in [0.2, 0.25) is 0 Å². The van der Waals surface area contributed by atoms with E-state index in [4.69, 9.17) is 11.6 Å². The molecule has 0 radical (unpaired) electrons. The van der Waals surface area contributed by atoms with Crippen molar-refractivity contribution in [3.8, 4) is 0 Å². The quantitative estimate of drug-likeness (QED) is 0.807. The van der Waals surface area contributed by atoms with E-state index in [-0.39, 0.29) is 0 Å². The fraction of sp³-hybridized carbons (Fsp3) is 0.667. The molecule has 0 saturated heterocycles. The van der Waals surface area contributed by atoms with Gasteiger partial charge in [-0.2, -0.15) is 5.10 Å². The van der Waals surface area contributed by atoms with Gasteiger partial charge in [0.05, 0.1) is 16.4 Å². The second kappa shape index (κ2) is 4.11. The second-order valence-corrected chi connectivity index (χ2v) is 3.74. The first-order chi connectivity index (χ1) is 6.07. The maximum absolute atomic E-state index is 6.13. The molecule has 0 amide bonds. The number of aryl methyl sites for hydroxylation is 2. The minimum absolute atomic E-state index is 0.392. The molecule has 0 aliphatic heterocycles. The van der Waals surface area contributed by atoms with Crippen LogP contribution in [-0.2, 0) is 7.05 Å². The van der Waals surface area contributed by atoms with Crippen LogP contribution in [0.4, 0.5) is 0 Å². The van der Waals surface area contributed by atoms with Gasteiger partial charge in [-0.1, -0.05) is 18.5 Å². The van der Waals surface area contributed by atoms with E-state index in [1.54, 1.807) is 0 Å². The van der Waals surface area contributed by atoms with E-state index in [1.165, 1.54) is 0 Å². The van der Waals surface area contributed by atoms with Gasteiger partial charge < -0.3 is 5.32 Å². The van der Waals surface area contributed by atoms with Crippen molar-refractivity contribution in [2.24, 2.45) is 7.05 Å². The number of rotatable bonds is 3. The van der Waals surface area contributed by atoms with Gasteiger partial charge in [0, 0.05) is 19.5 Å². The third-order valence-corrected chi connectivity index (χ3v) is 2.64. The summed E-state index contributed by atoms with van der Waals surface area (Å²) in [5.41, 5.74) is 2.01. The average Bonchev–Trinajstić information content (AvgIpc) is 2.27. The Labute approximate surface area is 84.1 Å². The molecular weight excluding hydrogens is 186 g/mol. The highest BCUT2D eigenvalue weighted by atomic mass is 35.5. The molecule has 1 N–H and O–H groups in total. The molecule has 0 aromatic carbocycles. The van der Waals surface area contributed by atoms with Crippen LogP contribution in [0.25, 0.3) is 0 Å². The largest absolute Gasteiger partial charge is 0.319 e. The molecule has 4 heteroatoms. The molecule has 74 valence electrons. The summed E-state index contributed by atoms with van der Waals surface area (Å²) in [5, 5.41) is 8.20. The van der Waals surface area contributed by atoms with E-state index in [0.29, 0.717) is 5.92 Å². The monoisotopic (exact) mass is 201 g/mol. The molecule has 1 atom stereocenters. The second-order valence-electron chi connectivity index (χ2n) is 3.37. The number of aromatic nitrogens is 2. The maximum Gasteiger partial charge on any atom is 0.0850 e. The minimum Gasteiger partial charge on any atom is -0.319 e. The first kappa shape index (κ1) is 10.5. The molecule has 0 aliphatic rings. The summed E-state index contributed by atoms with van der Waals surface area (Å²) >= 11 is 6.13. The van der Waals surface area contributed by atoms with E-state index in [1.807, 2.05) is 25.7 Å². The zero-order valence-electron chi connectivity index (χ0n) is 8.56. The smallest absolute Gasteiger partial charge is 0.0850 e. The third-order valence-electron chi connectivity index (χ3n) is 2.17. The van der Waals surface area contributed by atoms with Gasteiger partial charge in [-0.15, -0.1) is 0 Å². The molecule has 1 aromatic heterocycles. The lowest BCUT2D eigenvalue weighted by atomic mass is 10.1. The summed E-state index contributed by atoms with van der Waals surface area (Å²) in [5.74, 6) is 0.392. The van der Waals surface area contributed by atoms with Crippen molar-refractivity contribution in [2.45, 2.75) is 19.8 Å². The number of nitrogens with zero attached hydrogens (tertiary/aromatic N) is 2. The molecule has 1 rings (SSSR count). The van der Waals surface area contributed by atoms with Crippen molar-refractivity contribution >= 4 is 11.6 Å². The fourth-order valence-electron chi connectivity index (χ4n) is 1.59. The van der Waals surface area contributed by atoms with E-state index in [2.05, 4.69) is 17.3 Å². The first-order valence-electron chi connectivity index (χ1n) is 4.41. The predicted molar refractivity (Wildman–Crippen MR) is 55.3 cm³/mol. The summed E-state index contributed by atoms with van der Waals surface area (Å²) < 4.78 is 1.86. The van der Waals surface area contributed by atoms with Crippen LogP contribution in [0, 0.1) is 6.92 Å². The molecule has 1 heterocycles. The highest BCUT2D eigenvalue weighted by Crippen LogP contribution is 2.26. The lowest BCUT2D eigenvalue weighted by molar-refractivity contribution is 0.604. The molecule has 0 fully saturated rings. The van der Waals surface area contributed by atoms with Crippen molar-refractivity contribution < 1.29 is 0 Å². The SMILES string of the molecule is CNCC(C)c1c(Cl)c(C)nn1C. The van der Waals surface area contributed by atoms with Crippen LogP contribution in [0.1, 0.15) is 24.2 Å². The molecule has 0 aliphatic carbocycles. The average molecular weight is 202 g/mol. The van der Waals surface area contributed by atoms with Crippen molar-refractivity contribution in [2.75, 3.05) is 13.6 Å². The van der Waals surface area contributed by atoms with Crippen LogP contribution < -0.4 is 5.32 Å². The van der Waals surface area contributed by atoms with Gasteiger partial charge in [-0.3, -0.25) is 4.68 Å². The summed E-state index contributed by atoms with van der Waals surface area (Å²) in [6, 6.07) is 0. The Hall–Kier alpha value is -0.540. The molecule has 13 heavy (non-hydrogen) atoms. The zero-order valence-corrected chi connectivity index (χ0v) is 9.31. The number of nitrogens with one attached hydrogen (secondary N) is 1. The molecule has 3 nitrogen and oxygen atoms in total. The third kappa shape index (κ3) is 2.03. The van der Waals surface area contributed by atoms with Crippen LogP contribution in [0.5, 0.6) is 0 Å². The lowest BCUT2D eigenvalue weighted by Gasteiger charge is -2.11. The molecule has 0 saturated carbocycles. The summed E-state index contributed by atoms with van der Waals surface area (Å²) in [7, 11) is 3.87. The first-order valence-corrected chi connectivity index (χ1v) is 4.79. The molecule has 0 bridgehead atoms. The van der Waals surface area contributed by atoms with E-state index in [9.17, 15) is 0 Å². The van der Waals surface area contributed by atoms with Crippen LogP contribution in [0.2, 0.25) is 5.02 Å². The number of hydrogen-bond acceptors (Lipinski definition) is 2. The standard InChI is InChI=1S/C9H16ClN3/c1-6(5-11-3)9-8(10)7(2)12-13(9)4/h6,11H,5H2,1-4H3. The van der Waals surface area contributed by atoms with Gasteiger partial charge in [0.25, 0.3) is 0 Å². The number of halogens is 1. The highest BCUT2D eigenvalue weighted by Gasteiger charge is 2.16. The number of hydrogen-bond donors (Lipinski definition) is 1. The summed E-state index contributed by atoms with van der Waals surface area (Å²) in [4.78, 5) is 0. The Balaban J connectivity index is 2.98. The number of likely N-dealkylation sites (N-methyl/N-ethyl adjacent to an activating group) is 1. The molecule has 0 spiro atoms. The van der Waals surface area contributed by atoms with Crippen molar-refractivity contribution in [3.05, 3.63) is 16.4 Å². The van der Waals surface area contributed by atoms with Crippen LogP contribution in [-0.4, -0.2) is 23.4 Å². The zero-order chi connectivity index (χ0) is 10.0. The Kier molecular flexibility index (Phi) is 3.33. The van der Waals surface area contributed by atoms with E-state index >= 15 is 0 Å². The van der Waals surface area contributed by atoms with Gasteiger partial charge in [-0.25, -0.2) is 0 Å². The maximum atomic E-state index is 6.13. The van der Waals surface area contributed by atoms with Gasteiger partial charge in [0.15, 0.2) is 0 Å². The van der Waals surface area contributed by atoms with Crippen molar-refractivity contribution in [1.82, 2.24) is 15.1 Å². The summed E-state index contributed by atoms with van der Waals surface area (Å²) in [6.07, 6.45) is 0. The van der Waals surface area contributed by atoms with Gasteiger partial charge in [-0.05, 0) is 14.0 Å². The summed E-state index contributed by atoms with van der Waals surface area (Å²) in [6.45, 7) is 4.98. The lowest BCUT2D eigenvalue weighted by Crippen LogP contribution is -2.17. The van der Waals surface area contributed by atoms with Crippen LogP contribution >= 0.6 is 11.6 Å². The molecular formula is C9H16ClN3. The van der Waals surface area contributed by atoms with E-state index < -0.39 is 0 Å². The topological polar surface area (TPSA) is 29.9 Å².